The number of rotatable bonds is 3. The predicted molar refractivity (Wildman–Crippen MR) is 105 cm³/mol. The van der Waals surface area contributed by atoms with Crippen LogP contribution in [0.25, 0.3) is 10.2 Å². The Hall–Kier alpha value is -2.93. The maximum atomic E-state index is 12.4. The van der Waals surface area contributed by atoms with E-state index in [4.69, 9.17) is 4.74 Å². The van der Waals surface area contributed by atoms with Crippen LogP contribution in [0.15, 0.2) is 54.6 Å². The van der Waals surface area contributed by atoms with Gasteiger partial charge in [0, 0.05) is 25.9 Å². The van der Waals surface area contributed by atoms with Crippen LogP contribution in [-0.4, -0.2) is 40.9 Å². The standard InChI is InChI=1S/C20H19N3O3S/c24-18(22-20-21-16-8-4-5-9-17(16)27-20)19(25)23-12-10-15(11-13-23)26-14-6-2-1-3-7-14/h1-9,15H,10-13H2,(H,21,22,24). The number of likely N-dealkylation sites (tertiary alicyclic amines) is 1. The summed E-state index contributed by atoms with van der Waals surface area (Å²) >= 11 is 1.36. The monoisotopic (exact) mass is 381 g/mol. The van der Waals surface area contributed by atoms with Gasteiger partial charge in [-0.2, -0.15) is 0 Å². The highest BCUT2D eigenvalue weighted by molar-refractivity contribution is 7.22. The number of ether oxygens (including phenoxy) is 1. The first kappa shape index (κ1) is 17.5. The molecule has 2 heterocycles. The number of hydrogen-bond acceptors (Lipinski definition) is 5. The summed E-state index contributed by atoms with van der Waals surface area (Å²) in [5, 5.41) is 3.07. The molecule has 1 aromatic heterocycles. The lowest BCUT2D eigenvalue weighted by Crippen LogP contribution is -2.46. The second-order valence-electron chi connectivity index (χ2n) is 6.36. The molecule has 6 nitrogen and oxygen atoms in total. The van der Waals surface area contributed by atoms with E-state index in [2.05, 4.69) is 10.3 Å². The lowest BCUT2D eigenvalue weighted by molar-refractivity contribution is -0.144. The number of nitrogens with one attached hydrogen (secondary N) is 1. The van der Waals surface area contributed by atoms with Crippen LogP contribution >= 0.6 is 11.3 Å². The molecule has 1 aliphatic heterocycles. The van der Waals surface area contributed by atoms with Crippen LogP contribution in [0.2, 0.25) is 0 Å². The van der Waals surface area contributed by atoms with Gasteiger partial charge in [0.05, 0.1) is 10.2 Å². The molecule has 1 fully saturated rings. The van der Waals surface area contributed by atoms with Crippen LogP contribution in [0.5, 0.6) is 5.75 Å². The quantitative estimate of drug-likeness (QED) is 0.707. The molecule has 1 N–H and O–H groups in total. The molecule has 0 aliphatic carbocycles. The highest BCUT2D eigenvalue weighted by Crippen LogP contribution is 2.25. The minimum atomic E-state index is -0.642. The summed E-state index contributed by atoms with van der Waals surface area (Å²) in [6.45, 7) is 1.01. The third kappa shape index (κ3) is 4.09. The van der Waals surface area contributed by atoms with Crippen LogP contribution in [0.3, 0.4) is 0 Å². The molecule has 0 bridgehead atoms. The first-order valence-electron chi connectivity index (χ1n) is 8.86. The Morgan fingerprint density at radius 2 is 1.74 bits per heavy atom. The number of thiazole rings is 1. The van der Waals surface area contributed by atoms with Gasteiger partial charge in [-0.3, -0.25) is 14.9 Å². The third-order valence-electron chi connectivity index (χ3n) is 4.48. The summed E-state index contributed by atoms with van der Waals surface area (Å²) in [6, 6.07) is 17.3. The van der Waals surface area contributed by atoms with Crippen LogP contribution in [-0.2, 0) is 9.59 Å². The van der Waals surface area contributed by atoms with Crippen molar-refractivity contribution >= 4 is 38.5 Å². The summed E-state index contributed by atoms with van der Waals surface area (Å²) in [5.74, 6) is -0.334. The Bertz CT molecular complexity index is 916. The smallest absolute Gasteiger partial charge is 0.315 e. The normalized spacial score (nSPS) is 14.9. The Morgan fingerprint density at radius 1 is 1.04 bits per heavy atom. The van der Waals surface area contributed by atoms with Crippen molar-refractivity contribution in [1.29, 1.82) is 0 Å². The fourth-order valence-corrected chi connectivity index (χ4v) is 3.95. The molecule has 0 radical (unpaired) electrons. The number of aromatic nitrogens is 1. The Kier molecular flexibility index (Phi) is 5.02. The van der Waals surface area contributed by atoms with E-state index >= 15 is 0 Å². The lowest BCUT2D eigenvalue weighted by atomic mass is 10.1. The van der Waals surface area contributed by atoms with Gasteiger partial charge in [-0.1, -0.05) is 41.7 Å². The van der Waals surface area contributed by atoms with Gasteiger partial charge in [-0.05, 0) is 24.3 Å². The van der Waals surface area contributed by atoms with E-state index in [9.17, 15) is 9.59 Å². The van der Waals surface area contributed by atoms with Crippen molar-refractivity contribution in [2.24, 2.45) is 0 Å². The molecular weight excluding hydrogens is 362 g/mol. The van der Waals surface area contributed by atoms with Gasteiger partial charge >= 0.3 is 11.8 Å². The maximum absolute atomic E-state index is 12.4. The largest absolute Gasteiger partial charge is 0.490 e. The number of amides is 2. The number of hydrogen-bond donors (Lipinski definition) is 1. The molecule has 2 amide bonds. The van der Waals surface area contributed by atoms with Gasteiger partial charge < -0.3 is 9.64 Å². The van der Waals surface area contributed by atoms with E-state index in [0.29, 0.717) is 31.1 Å². The number of benzene rings is 2. The van der Waals surface area contributed by atoms with Gasteiger partial charge in [0.15, 0.2) is 5.13 Å². The van der Waals surface area contributed by atoms with E-state index in [0.717, 1.165) is 16.0 Å². The molecule has 7 heteroatoms. The number of carbonyl (C=O) groups is 2. The van der Waals surface area contributed by atoms with E-state index in [1.807, 2.05) is 54.6 Å². The van der Waals surface area contributed by atoms with Gasteiger partial charge in [0.1, 0.15) is 11.9 Å². The summed E-state index contributed by atoms with van der Waals surface area (Å²) in [5.41, 5.74) is 0.809. The molecule has 3 aromatic rings. The number of para-hydroxylation sites is 2. The number of piperidine rings is 1. The Morgan fingerprint density at radius 3 is 2.48 bits per heavy atom. The molecule has 138 valence electrons. The second-order valence-corrected chi connectivity index (χ2v) is 7.39. The molecular formula is C20H19N3O3S. The van der Waals surface area contributed by atoms with Crippen molar-refractivity contribution in [3.63, 3.8) is 0 Å². The molecule has 0 spiro atoms. The van der Waals surface area contributed by atoms with E-state index in [1.165, 1.54) is 11.3 Å². The Labute approximate surface area is 160 Å². The van der Waals surface area contributed by atoms with Crippen molar-refractivity contribution in [3.8, 4) is 5.75 Å². The lowest BCUT2D eigenvalue weighted by Gasteiger charge is -2.31. The minimum Gasteiger partial charge on any atom is -0.490 e. The third-order valence-corrected chi connectivity index (χ3v) is 5.44. The van der Waals surface area contributed by atoms with Crippen molar-refractivity contribution in [2.75, 3.05) is 18.4 Å². The van der Waals surface area contributed by atoms with Crippen molar-refractivity contribution in [1.82, 2.24) is 9.88 Å². The Balaban J connectivity index is 1.31. The minimum absolute atomic E-state index is 0.0590. The van der Waals surface area contributed by atoms with E-state index < -0.39 is 11.8 Å². The molecule has 0 saturated carbocycles. The highest BCUT2D eigenvalue weighted by Gasteiger charge is 2.28. The van der Waals surface area contributed by atoms with Crippen LogP contribution in [0, 0.1) is 0 Å². The average molecular weight is 381 g/mol. The molecule has 1 saturated heterocycles. The molecule has 2 aromatic carbocycles. The molecule has 0 unspecified atom stereocenters. The zero-order valence-corrected chi connectivity index (χ0v) is 15.4. The zero-order chi connectivity index (χ0) is 18.6. The van der Waals surface area contributed by atoms with Gasteiger partial charge in [-0.25, -0.2) is 4.98 Å². The summed E-state index contributed by atoms with van der Waals surface area (Å²) < 4.78 is 6.90. The summed E-state index contributed by atoms with van der Waals surface area (Å²) in [6.07, 6.45) is 1.47. The van der Waals surface area contributed by atoms with Crippen LogP contribution in [0.4, 0.5) is 5.13 Å². The van der Waals surface area contributed by atoms with Crippen molar-refractivity contribution in [2.45, 2.75) is 18.9 Å². The topological polar surface area (TPSA) is 71.5 Å². The highest BCUT2D eigenvalue weighted by atomic mass is 32.1. The SMILES string of the molecule is O=C(Nc1nc2ccccc2s1)C(=O)N1CCC(Oc2ccccc2)CC1. The fourth-order valence-electron chi connectivity index (χ4n) is 3.09. The molecule has 4 rings (SSSR count). The van der Waals surface area contributed by atoms with E-state index in [1.54, 1.807) is 4.90 Å². The first-order chi connectivity index (χ1) is 13.2. The summed E-state index contributed by atoms with van der Waals surface area (Å²) in [4.78, 5) is 30.6. The average Bonchev–Trinajstić information content (AvgIpc) is 3.11. The number of carbonyl (C=O) groups excluding carboxylic acids is 2. The number of fused-ring (bicyclic) bond motifs is 1. The second kappa shape index (κ2) is 7.75. The maximum Gasteiger partial charge on any atom is 0.315 e. The predicted octanol–water partition coefficient (Wildman–Crippen LogP) is 3.30. The van der Waals surface area contributed by atoms with Crippen molar-refractivity contribution in [3.05, 3.63) is 54.6 Å². The van der Waals surface area contributed by atoms with Crippen molar-refractivity contribution < 1.29 is 14.3 Å². The zero-order valence-electron chi connectivity index (χ0n) is 14.6. The van der Waals surface area contributed by atoms with Crippen LogP contribution in [0.1, 0.15) is 12.8 Å². The van der Waals surface area contributed by atoms with E-state index in [-0.39, 0.29) is 6.10 Å². The number of anilines is 1. The van der Waals surface area contributed by atoms with Gasteiger partial charge in [0.2, 0.25) is 0 Å². The number of nitrogens with zero attached hydrogens (tertiary/aromatic N) is 2. The fraction of sp³-hybridized carbons (Fsp3) is 0.250. The molecule has 27 heavy (non-hydrogen) atoms. The van der Waals surface area contributed by atoms with Crippen LogP contribution < -0.4 is 10.1 Å². The molecule has 0 atom stereocenters. The van der Waals surface area contributed by atoms with Gasteiger partial charge in [-0.15, -0.1) is 0 Å². The summed E-state index contributed by atoms with van der Waals surface area (Å²) in [7, 11) is 0. The molecule has 1 aliphatic rings. The first-order valence-corrected chi connectivity index (χ1v) is 9.68. The van der Waals surface area contributed by atoms with Gasteiger partial charge in [0.25, 0.3) is 0 Å².